The van der Waals surface area contributed by atoms with E-state index in [9.17, 15) is 4.79 Å². The van der Waals surface area contributed by atoms with Crippen LogP contribution in [0.3, 0.4) is 0 Å². The number of carbonyl (C=O) groups is 1. The van der Waals surface area contributed by atoms with Gasteiger partial charge >= 0.3 is 0 Å². The minimum absolute atomic E-state index is 0.000179. The van der Waals surface area contributed by atoms with E-state index in [0.717, 1.165) is 12.8 Å². The standard InChI is InChI=1S/C10H12ClNO3/c11-9-4-3-8(15-9)10(14)12-5-1-2-7(12)6-13/h3-4,7,13H,1-2,5-6H2/t7-/m1/s1. The molecule has 15 heavy (non-hydrogen) atoms. The van der Waals surface area contributed by atoms with Crippen LogP contribution >= 0.6 is 11.6 Å². The molecule has 1 saturated heterocycles. The van der Waals surface area contributed by atoms with Crippen LogP contribution in [0.1, 0.15) is 23.4 Å². The highest BCUT2D eigenvalue weighted by Crippen LogP contribution is 2.21. The number of aliphatic hydroxyl groups excluding tert-OH is 1. The molecule has 0 bridgehead atoms. The van der Waals surface area contributed by atoms with Gasteiger partial charge < -0.3 is 14.4 Å². The van der Waals surface area contributed by atoms with Gasteiger partial charge in [-0.15, -0.1) is 0 Å². The molecule has 1 aromatic rings. The fraction of sp³-hybridized carbons (Fsp3) is 0.500. The molecule has 2 rings (SSSR count). The molecule has 0 saturated carbocycles. The molecule has 0 aromatic carbocycles. The van der Waals surface area contributed by atoms with Crippen LogP contribution in [0.4, 0.5) is 0 Å². The molecule has 0 radical (unpaired) electrons. The quantitative estimate of drug-likeness (QED) is 0.837. The molecule has 1 aliphatic rings. The number of aliphatic hydroxyl groups is 1. The third kappa shape index (κ3) is 2.01. The summed E-state index contributed by atoms with van der Waals surface area (Å²) in [4.78, 5) is 13.5. The van der Waals surface area contributed by atoms with Crippen LogP contribution in [0.25, 0.3) is 0 Å². The predicted octanol–water partition coefficient (Wildman–Crippen LogP) is 1.53. The third-order valence-corrected chi connectivity index (χ3v) is 2.84. The van der Waals surface area contributed by atoms with Gasteiger partial charge in [0, 0.05) is 6.54 Å². The van der Waals surface area contributed by atoms with Crippen LogP contribution in [0.15, 0.2) is 16.5 Å². The van der Waals surface area contributed by atoms with Gasteiger partial charge in [-0.25, -0.2) is 0 Å². The first-order chi connectivity index (χ1) is 7.22. The van der Waals surface area contributed by atoms with Crippen molar-refractivity contribution in [2.24, 2.45) is 0 Å². The first kappa shape index (κ1) is 10.5. The summed E-state index contributed by atoms with van der Waals surface area (Å²) in [6.45, 7) is 0.669. The molecule has 0 unspecified atom stereocenters. The lowest BCUT2D eigenvalue weighted by Crippen LogP contribution is -2.37. The number of hydrogen-bond donors (Lipinski definition) is 1. The van der Waals surface area contributed by atoms with Gasteiger partial charge in [0.05, 0.1) is 12.6 Å². The van der Waals surface area contributed by atoms with Crippen LogP contribution in [-0.4, -0.2) is 35.1 Å². The van der Waals surface area contributed by atoms with E-state index in [1.165, 1.54) is 0 Å². The van der Waals surface area contributed by atoms with Crippen molar-refractivity contribution in [3.05, 3.63) is 23.1 Å². The summed E-state index contributed by atoms with van der Waals surface area (Å²) in [5.74, 6) is 0.0406. The maximum Gasteiger partial charge on any atom is 0.289 e. The second-order valence-electron chi connectivity index (χ2n) is 3.58. The van der Waals surface area contributed by atoms with E-state index in [-0.39, 0.29) is 29.5 Å². The topological polar surface area (TPSA) is 53.7 Å². The number of rotatable bonds is 2. The van der Waals surface area contributed by atoms with Gasteiger partial charge in [0.2, 0.25) is 0 Å². The zero-order chi connectivity index (χ0) is 10.8. The Labute approximate surface area is 92.4 Å². The van der Waals surface area contributed by atoms with Crippen LogP contribution in [0.5, 0.6) is 0 Å². The Morgan fingerprint density at radius 2 is 2.47 bits per heavy atom. The van der Waals surface area contributed by atoms with Crippen molar-refractivity contribution in [1.29, 1.82) is 0 Å². The van der Waals surface area contributed by atoms with E-state index in [0.29, 0.717) is 6.54 Å². The van der Waals surface area contributed by atoms with Crippen molar-refractivity contribution < 1.29 is 14.3 Å². The van der Waals surface area contributed by atoms with Crippen molar-refractivity contribution in [3.63, 3.8) is 0 Å². The summed E-state index contributed by atoms with van der Waals surface area (Å²) in [6.07, 6.45) is 1.77. The molecule has 1 amide bonds. The molecule has 0 aliphatic carbocycles. The van der Waals surface area contributed by atoms with Crippen molar-refractivity contribution in [2.45, 2.75) is 18.9 Å². The minimum Gasteiger partial charge on any atom is -0.440 e. The summed E-state index contributed by atoms with van der Waals surface area (Å²) in [6, 6.07) is 3.01. The molecule has 1 atom stereocenters. The van der Waals surface area contributed by atoms with Crippen molar-refractivity contribution >= 4 is 17.5 Å². The number of likely N-dealkylation sites (tertiary alicyclic amines) is 1. The summed E-state index contributed by atoms with van der Waals surface area (Å²) in [5, 5.41) is 9.29. The highest BCUT2D eigenvalue weighted by Gasteiger charge is 2.30. The third-order valence-electron chi connectivity index (χ3n) is 2.63. The van der Waals surface area contributed by atoms with Gasteiger partial charge in [0.25, 0.3) is 5.91 Å². The van der Waals surface area contributed by atoms with Crippen LogP contribution in [0, 0.1) is 0 Å². The maximum atomic E-state index is 11.9. The molecule has 4 nitrogen and oxygen atoms in total. The number of amides is 1. The Balaban J connectivity index is 2.13. The monoisotopic (exact) mass is 229 g/mol. The SMILES string of the molecule is O=C(c1ccc(Cl)o1)N1CCC[C@@H]1CO. The van der Waals surface area contributed by atoms with Gasteiger partial charge in [0.15, 0.2) is 11.0 Å². The fourth-order valence-electron chi connectivity index (χ4n) is 1.86. The van der Waals surface area contributed by atoms with Crippen molar-refractivity contribution in [1.82, 2.24) is 4.90 Å². The molecule has 1 N–H and O–H groups in total. The Morgan fingerprint density at radius 1 is 1.67 bits per heavy atom. The van der Waals surface area contributed by atoms with Crippen LogP contribution in [0.2, 0.25) is 5.22 Å². The summed E-state index contributed by atoms with van der Waals surface area (Å²) < 4.78 is 5.04. The molecule has 5 heteroatoms. The Hall–Kier alpha value is -1.00. The van der Waals surface area contributed by atoms with E-state index in [1.54, 1.807) is 17.0 Å². The number of hydrogen-bond acceptors (Lipinski definition) is 3. The average molecular weight is 230 g/mol. The van der Waals surface area contributed by atoms with Crippen LogP contribution in [-0.2, 0) is 0 Å². The Morgan fingerprint density at radius 3 is 3.07 bits per heavy atom. The summed E-state index contributed by atoms with van der Waals surface area (Å²) in [5.41, 5.74) is 0. The van der Waals surface area contributed by atoms with Gasteiger partial charge in [-0.1, -0.05) is 0 Å². The largest absolute Gasteiger partial charge is 0.440 e. The molecule has 1 aliphatic heterocycles. The van der Waals surface area contributed by atoms with Gasteiger partial charge in [-0.3, -0.25) is 4.79 Å². The summed E-state index contributed by atoms with van der Waals surface area (Å²) >= 11 is 5.59. The van der Waals surface area contributed by atoms with E-state index in [2.05, 4.69) is 0 Å². The lowest BCUT2D eigenvalue weighted by molar-refractivity contribution is 0.0646. The van der Waals surface area contributed by atoms with Gasteiger partial charge in [-0.2, -0.15) is 0 Å². The lowest BCUT2D eigenvalue weighted by atomic mass is 10.2. The smallest absolute Gasteiger partial charge is 0.289 e. The molecular weight excluding hydrogens is 218 g/mol. The highest BCUT2D eigenvalue weighted by molar-refractivity contribution is 6.29. The number of furan rings is 1. The fourth-order valence-corrected chi connectivity index (χ4v) is 2.01. The van der Waals surface area contributed by atoms with Crippen LogP contribution < -0.4 is 0 Å². The zero-order valence-corrected chi connectivity index (χ0v) is 8.91. The second kappa shape index (κ2) is 4.24. The first-order valence-electron chi connectivity index (χ1n) is 4.89. The highest BCUT2D eigenvalue weighted by atomic mass is 35.5. The van der Waals surface area contributed by atoms with Gasteiger partial charge in [0.1, 0.15) is 0 Å². The predicted molar refractivity (Wildman–Crippen MR) is 54.9 cm³/mol. The normalized spacial score (nSPS) is 20.9. The Bertz CT molecular complexity index is 363. The minimum atomic E-state index is -0.196. The molecule has 82 valence electrons. The first-order valence-corrected chi connectivity index (χ1v) is 5.27. The van der Waals surface area contributed by atoms with E-state index in [1.807, 2.05) is 0 Å². The average Bonchev–Trinajstić information content (AvgIpc) is 2.84. The molecule has 1 aromatic heterocycles. The van der Waals surface area contributed by atoms with E-state index < -0.39 is 0 Å². The van der Waals surface area contributed by atoms with Crippen molar-refractivity contribution in [3.8, 4) is 0 Å². The molecule has 1 fully saturated rings. The maximum absolute atomic E-state index is 11.9. The summed E-state index contributed by atoms with van der Waals surface area (Å²) in [7, 11) is 0. The lowest BCUT2D eigenvalue weighted by Gasteiger charge is -2.21. The number of nitrogens with zero attached hydrogens (tertiary/aromatic N) is 1. The molecule has 2 heterocycles. The van der Waals surface area contributed by atoms with E-state index >= 15 is 0 Å². The van der Waals surface area contributed by atoms with E-state index in [4.69, 9.17) is 21.1 Å². The number of halogens is 1. The molecular formula is C10H12ClNO3. The number of carbonyl (C=O) groups excluding carboxylic acids is 1. The van der Waals surface area contributed by atoms with Gasteiger partial charge in [-0.05, 0) is 36.6 Å². The molecule has 0 spiro atoms. The second-order valence-corrected chi connectivity index (χ2v) is 3.95. The van der Waals surface area contributed by atoms with Crippen molar-refractivity contribution in [2.75, 3.05) is 13.2 Å². The zero-order valence-electron chi connectivity index (χ0n) is 8.15. The Kier molecular flexibility index (Phi) is 2.98.